The van der Waals surface area contributed by atoms with Gasteiger partial charge in [0.1, 0.15) is 0 Å². The summed E-state index contributed by atoms with van der Waals surface area (Å²) in [6.07, 6.45) is 0. The number of carbonyl (C=O) groups is 1. The molecule has 0 saturated heterocycles. The standard InChI is InChI=1S/C10H17N3O3/c1-7-9(8(2)13-12-7)10(15)11-3-5-16-6-4-14/h14H,3-6H2,1-2H3,(H,11,15)(H,12,13). The second-order valence-electron chi connectivity index (χ2n) is 3.40. The van der Waals surface area contributed by atoms with E-state index in [1.165, 1.54) is 0 Å². The highest BCUT2D eigenvalue weighted by atomic mass is 16.5. The fraction of sp³-hybridized carbons (Fsp3) is 0.600. The number of hydrogen-bond donors (Lipinski definition) is 3. The van der Waals surface area contributed by atoms with Crippen molar-refractivity contribution in [3.8, 4) is 0 Å². The molecule has 16 heavy (non-hydrogen) atoms. The quantitative estimate of drug-likeness (QED) is 0.586. The van der Waals surface area contributed by atoms with Crippen molar-refractivity contribution in [1.29, 1.82) is 0 Å². The van der Waals surface area contributed by atoms with Crippen LogP contribution in [0.15, 0.2) is 0 Å². The van der Waals surface area contributed by atoms with E-state index < -0.39 is 0 Å². The topological polar surface area (TPSA) is 87.2 Å². The van der Waals surface area contributed by atoms with Crippen molar-refractivity contribution >= 4 is 5.91 Å². The first-order chi connectivity index (χ1) is 7.66. The minimum absolute atomic E-state index is 0.00606. The van der Waals surface area contributed by atoms with Crippen molar-refractivity contribution in [3.05, 3.63) is 17.0 Å². The predicted molar refractivity (Wildman–Crippen MR) is 58.3 cm³/mol. The highest BCUT2D eigenvalue weighted by Gasteiger charge is 2.14. The molecule has 1 aromatic rings. The molecule has 0 aliphatic carbocycles. The molecule has 90 valence electrons. The lowest BCUT2D eigenvalue weighted by molar-refractivity contribution is 0.0837. The number of rotatable bonds is 6. The first-order valence-electron chi connectivity index (χ1n) is 5.15. The summed E-state index contributed by atoms with van der Waals surface area (Å²) in [6.45, 7) is 4.68. The molecule has 6 nitrogen and oxygen atoms in total. The fourth-order valence-electron chi connectivity index (χ4n) is 1.38. The minimum Gasteiger partial charge on any atom is -0.394 e. The maximum Gasteiger partial charge on any atom is 0.255 e. The van der Waals surface area contributed by atoms with E-state index >= 15 is 0 Å². The van der Waals surface area contributed by atoms with Gasteiger partial charge in [0.05, 0.1) is 31.1 Å². The smallest absolute Gasteiger partial charge is 0.255 e. The van der Waals surface area contributed by atoms with Crippen molar-refractivity contribution in [1.82, 2.24) is 15.5 Å². The van der Waals surface area contributed by atoms with Crippen molar-refractivity contribution in [2.24, 2.45) is 0 Å². The molecule has 0 bridgehead atoms. The molecule has 0 aliphatic rings. The summed E-state index contributed by atoms with van der Waals surface area (Å²) < 4.78 is 5.02. The van der Waals surface area contributed by atoms with Crippen LogP contribution in [0, 0.1) is 13.8 Å². The molecule has 0 unspecified atom stereocenters. The highest BCUT2D eigenvalue weighted by molar-refractivity contribution is 5.96. The van der Waals surface area contributed by atoms with Crippen molar-refractivity contribution < 1.29 is 14.6 Å². The number of ether oxygens (including phenoxy) is 1. The van der Waals surface area contributed by atoms with Gasteiger partial charge in [-0.15, -0.1) is 0 Å². The van der Waals surface area contributed by atoms with Gasteiger partial charge in [0.2, 0.25) is 0 Å². The number of nitrogens with zero attached hydrogens (tertiary/aromatic N) is 1. The van der Waals surface area contributed by atoms with E-state index in [2.05, 4.69) is 15.5 Å². The minimum atomic E-state index is -0.156. The Labute approximate surface area is 94.0 Å². The number of H-pyrrole nitrogens is 1. The summed E-state index contributed by atoms with van der Waals surface area (Å²) in [5.74, 6) is -0.156. The summed E-state index contributed by atoms with van der Waals surface area (Å²) in [5, 5.41) is 17.9. The van der Waals surface area contributed by atoms with Crippen LogP contribution in [0.1, 0.15) is 21.7 Å². The van der Waals surface area contributed by atoms with Gasteiger partial charge in [0.15, 0.2) is 0 Å². The van der Waals surface area contributed by atoms with E-state index in [1.807, 2.05) is 0 Å². The van der Waals surface area contributed by atoms with Crippen LogP contribution < -0.4 is 5.32 Å². The number of hydrogen-bond acceptors (Lipinski definition) is 4. The van der Waals surface area contributed by atoms with Crippen LogP contribution in [0.3, 0.4) is 0 Å². The monoisotopic (exact) mass is 227 g/mol. The Morgan fingerprint density at radius 2 is 2.25 bits per heavy atom. The van der Waals surface area contributed by atoms with E-state index in [0.717, 1.165) is 5.69 Å². The summed E-state index contributed by atoms with van der Waals surface area (Å²) in [7, 11) is 0. The summed E-state index contributed by atoms with van der Waals surface area (Å²) in [6, 6.07) is 0. The third-order valence-corrected chi connectivity index (χ3v) is 2.12. The third-order valence-electron chi connectivity index (χ3n) is 2.12. The lowest BCUT2D eigenvalue weighted by Gasteiger charge is -2.05. The number of carbonyl (C=O) groups excluding carboxylic acids is 1. The van der Waals surface area contributed by atoms with Gasteiger partial charge in [-0.3, -0.25) is 9.89 Å². The number of aliphatic hydroxyl groups is 1. The van der Waals surface area contributed by atoms with Gasteiger partial charge in [-0.2, -0.15) is 5.10 Å². The fourth-order valence-corrected chi connectivity index (χ4v) is 1.38. The third kappa shape index (κ3) is 3.32. The Hall–Kier alpha value is -1.40. The SMILES string of the molecule is Cc1n[nH]c(C)c1C(=O)NCCOCCO. The van der Waals surface area contributed by atoms with Crippen molar-refractivity contribution in [2.75, 3.05) is 26.4 Å². The van der Waals surface area contributed by atoms with Crippen LogP contribution in [0.25, 0.3) is 0 Å². The van der Waals surface area contributed by atoms with Crippen molar-refractivity contribution in [3.63, 3.8) is 0 Å². The molecule has 1 amide bonds. The highest BCUT2D eigenvalue weighted by Crippen LogP contribution is 2.08. The number of aromatic amines is 1. The summed E-state index contributed by atoms with van der Waals surface area (Å²) >= 11 is 0. The molecule has 0 spiro atoms. The van der Waals surface area contributed by atoms with E-state index in [1.54, 1.807) is 13.8 Å². The van der Waals surface area contributed by atoms with Crippen molar-refractivity contribution in [2.45, 2.75) is 13.8 Å². The van der Waals surface area contributed by atoms with Gasteiger partial charge in [-0.05, 0) is 13.8 Å². The zero-order valence-electron chi connectivity index (χ0n) is 9.54. The maximum absolute atomic E-state index is 11.7. The Kier molecular flexibility index (Phi) is 4.94. The molecule has 1 rings (SSSR count). The second-order valence-corrected chi connectivity index (χ2v) is 3.40. The normalized spacial score (nSPS) is 10.4. The van der Waals surface area contributed by atoms with Crippen LogP contribution in [-0.4, -0.2) is 47.6 Å². The van der Waals surface area contributed by atoms with E-state index in [9.17, 15) is 4.79 Å². The Balaban J connectivity index is 2.36. The molecule has 0 radical (unpaired) electrons. The first kappa shape index (κ1) is 12.7. The van der Waals surface area contributed by atoms with Crippen LogP contribution in [0.4, 0.5) is 0 Å². The second kappa shape index (κ2) is 6.24. The Morgan fingerprint density at radius 3 is 2.81 bits per heavy atom. The zero-order valence-corrected chi connectivity index (χ0v) is 9.54. The number of amides is 1. The molecule has 0 aliphatic heterocycles. The number of aliphatic hydroxyl groups excluding tert-OH is 1. The first-order valence-corrected chi connectivity index (χ1v) is 5.15. The van der Waals surface area contributed by atoms with Gasteiger partial charge in [0, 0.05) is 12.2 Å². The van der Waals surface area contributed by atoms with E-state index in [4.69, 9.17) is 9.84 Å². The Bertz CT molecular complexity index is 330. The van der Waals surface area contributed by atoms with Crippen LogP contribution in [0.5, 0.6) is 0 Å². The molecule has 1 heterocycles. The van der Waals surface area contributed by atoms with Gasteiger partial charge < -0.3 is 15.2 Å². The average molecular weight is 227 g/mol. The summed E-state index contributed by atoms with van der Waals surface area (Å²) in [4.78, 5) is 11.7. The number of nitrogens with one attached hydrogen (secondary N) is 2. The van der Waals surface area contributed by atoms with Crippen LogP contribution in [0.2, 0.25) is 0 Å². The van der Waals surface area contributed by atoms with E-state index in [0.29, 0.717) is 31.0 Å². The number of aryl methyl sites for hydroxylation is 2. The maximum atomic E-state index is 11.7. The van der Waals surface area contributed by atoms with Crippen LogP contribution in [-0.2, 0) is 4.74 Å². The average Bonchev–Trinajstić information content (AvgIpc) is 2.58. The number of aromatic nitrogens is 2. The molecule has 0 fully saturated rings. The lowest BCUT2D eigenvalue weighted by atomic mass is 10.2. The summed E-state index contributed by atoms with van der Waals surface area (Å²) in [5.41, 5.74) is 2.03. The van der Waals surface area contributed by atoms with Gasteiger partial charge in [0.25, 0.3) is 5.91 Å². The molecule has 1 aromatic heterocycles. The van der Waals surface area contributed by atoms with Gasteiger partial charge in [-0.25, -0.2) is 0 Å². The molecule has 0 aromatic carbocycles. The van der Waals surface area contributed by atoms with Crippen LogP contribution >= 0.6 is 0 Å². The van der Waals surface area contributed by atoms with Gasteiger partial charge >= 0.3 is 0 Å². The van der Waals surface area contributed by atoms with Gasteiger partial charge in [-0.1, -0.05) is 0 Å². The van der Waals surface area contributed by atoms with E-state index in [-0.39, 0.29) is 12.5 Å². The molecule has 3 N–H and O–H groups in total. The molecule has 6 heteroatoms. The zero-order chi connectivity index (χ0) is 12.0. The molecular weight excluding hydrogens is 210 g/mol. The largest absolute Gasteiger partial charge is 0.394 e. The molecular formula is C10H17N3O3. The Morgan fingerprint density at radius 1 is 1.50 bits per heavy atom. The molecule has 0 saturated carbocycles. The molecule has 0 atom stereocenters. The lowest BCUT2D eigenvalue weighted by Crippen LogP contribution is -2.28. The predicted octanol–water partition coefficient (Wildman–Crippen LogP) is -0.235.